The molecule has 114 valence electrons. The first kappa shape index (κ1) is 15.7. The highest BCUT2D eigenvalue weighted by molar-refractivity contribution is 7.98. The molecular formula is C18H15N3S2. The molecule has 23 heavy (non-hydrogen) atoms. The summed E-state index contributed by atoms with van der Waals surface area (Å²) >= 11 is 3.22. The average Bonchev–Trinajstić information content (AvgIpc) is 3.02. The number of hydrogen-bond acceptors (Lipinski definition) is 5. The van der Waals surface area contributed by atoms with E-state index < -0.39 is 0 Å². The highest BCUT2D eigenvalue weighted by Gasteiger charge is 2.11. The molecule has 0 aliphatic heterocycles. The van der Waals surface area contributed by atoms with E-state index in [0.717, 1.165) is 32.5 Å². The van der Waals surface area contributed by atoms with Crippen molar-refractivity contribution in [3.63, 3.8) is 0 Å². The highest BCUT2D eigenvalue weighted by Crippen LogP contribution is 2.29. The van der Waals surface area contributed by atoms with E-state index >= 15 is 0 Å². The van der Waals surface area contributed by atoms with Crippen LogP contribution < -0.4 is 0 Å². The summed E-state index contributed by atoms with van der Waals surface area (Å²) in [6.45, 7) is 3.90. The second kappa shape index (κ2) is 6.95. The van der Waals surface area contributed by atoms with E-state index in [1.807, 2.05) is 38.1 Å². The molecule has 0 amide bonds. The van der Waals surface area contributed by atoms with Gasteiger partial charge in [-0.15, -0.1) is 11.3 Å². The number of aryl methyl sites for hydroxylation is 2. The van der Waals surface area contributed by atoms with Gasteiger partial charge in [0.15, 0.2) is 0 Å². The van der Waals surface area contributed by atoms with Crippen molar-refractivity contribution < 1.29 is 0 Å². The van der Waals surface area contributed by atoms with E-state index in [-0.39, 0.29) is 0 Å². The topological polar surface area (TPSA) is 49.6 Å². The standard InChI is InChI=1S/C18H15N3S2/c1-12-8-13(2)20-18(16(12)9-19)23-11-15-10-22-17(21-15)14-6-4-3-5-7-14/h3-8,10H,11H2,1-2H3. The van der Waals surface area contributed by atoms with Crippen LogP contribution in [0.5, 0.6) is 0 Å². The van der Waals surface area contributed by atoms with Gasteiger partial charge in [-0.1, -0.05) is 42.1 Å². The van der Waals surface area contributed by atoms with Crippen LogP contribution in [0, 0.1) is 25.2 Å². The zero-order valence-corrected chi connectivity index (χ0v) is 14.5. The fraction of sp³-hybridized carbons (Fsp3) is 0.167. The lowest BCUT2D eigenvalue weighted by Gasteiger charge is -2.06. The van der Waals surface area contributed by atoms with Crippen molar-refractivity contribution in [3.8, 4) is 16.6 Å². The molecule has 0 saturated carbocycles. The van der Waals surface area contributed by atoms with E-state index in [9.17, 15) is 5.26 Å². The van der Waals surface area contributed by atoms with E-state index in [1.165, 1.54) is 0 Å². The first-order valence-corrected chi connectivity index (χ1v) is 9.05. The van der Waals surface area contributed by atoms with Gasteiger partial charge in [0.2, 0.25) is 0 Å². The Morgan fingerprint density at radius 2 is 1.96 bits per heavy atom. The number of nitriles is 1. The molecule has 0 radical (unpaired) electrons. The first-order valence-electron chi connectivity index (χ1n) is 7.18. The van der Waals surface area contributed by atoms with E-state index in [0.29, 0.717) is 11.3 Å². The fourth-order valence-corrected chi connectivity index (χ4v) is 4.20. The minimum absolute atomic E-state index is 0.666. The van der Waals surface area contributed by atoms with E-state index in [4.69, 9.17) is 0 Å². The Bertz CT molecular complexity index is 864. The number of aromatic nitrogens is 2. The predicted octanol–water partition coefficient (Wildman–Crippen LogP) is 4.99. The van der Waals surface area contributed by atoms with Crippen molar-refractivity contribution in [1.82, 2.24) is 9.97 Å². The van der Waals surface area contributed by atoms with Gasteiger partial charge in [0.25, 0.3) is 0 Å². The van der Waals surface area contributed by atoms with Crippen LogP contribution >= 0.6 is 23.1 Å². The lowest BCUT2D eigenvalue weighted by atomic mass is 10.1. The van der Waals surface area contributed by atoms with Gasteiger partial charge >= 0.3 is 0 Å². The zero-order chi connectivity index (χ0) is 16.2. The molecule has 0 aliphatic rings. The quantitative estimate of drug-likeness (QED) is 0.630. The molecule has 2 aromatic heterocycles. The van der Waals surface area contributed by atoms with Gasteiger partial charge in [-0.25, -0.2) is 9.97 Å². The van der Waals surface area contributed by atoms with Gasteiger partial charge in [-0.2, -0.15) is 5.26 Å². The molecule has 0 N–H and O–H groups in total. The van der Waals surface area contributed by atoms with Gasteiger partial charge in [0.1, 0.15) is 16.1 Å². The summed E-state index contributed by atoms with van der Waals surface area (Å²) < 4.78 is 0. The zero-order valence-electron chi connectivity index (χ0n) is 12.9. The monoisotopic (exact) mass is 337 g/mol. The molecule has 0 unspecified atom stereocenters. The van der Waals surface area contributed by atoms with Crippen molar-refractivity contribution in [2.45, 2.75) is 24.6 Å². The molecule has 5 heteroatoms. The molecule has 3 rings (SSSR count). The SMILES string of the molecule is Cc1cc(C)c(C#N)c(SCc2csc(-c3ccccc3)n2)n1. The van der Waals surface area contributed by atoms with Crippen LogP contribution in [-0.4, -0.2) is 9.97 Å². The van der Waals surface area contributed by atoms with Crippen LogP contribution in [0.1, 0.15) is 22.5 Å². The van der Waals surface area contributed by atoms with Crippen molar-refractivity contribution in [3.05, 3.63) is 64.3 Å². The van der Waals surface area contributed by atoms with Crippen molar-refractivity contribution in [2.24, 2.45) is 0 Å². The Labute approximate surface area is 144 Å². The Kier molecular flexibility index (Phi) is 4.75. The number of thioether (sulfide) groups is 1. The van der Waals surface area contributed by atoms with E-state index in [2.05, 4.69) is 33.5 Å². The van der Waals surface area contributed by atoms with Gasteiger partial charge in [0, 0.05) is 22.4 Å². The summed E-state index contributed by atoms with van der Waals surface area (Å²) in [5, 5.41) is 13.2. The summed E-state index contributed by atoms with van der Waals surface area (Å²) in [4.78, 5) is 9.18. The summed E-state index contributed by atoms with van der Waals surface area (Å²) in [5.41, 5.74) is 4.73. The molecular weight excluding hydrogens is 322 g/mol. The molecule has 0 atom stereocenters. The van der Waals surface area contributed by atoms with Crippen LogP contribution in [0.3, 0.4) is 0 Å². The molecule has 0 saturated heterocycles. The van der Waals surface area contributed by atoms with Crippen LogP contribution in [0.15, 0.2) is 46.8 Å². The molecule has 0 fully saturated rings. The fourth-order valence-electron chi connectivity index (χ4n) is 2.27. The minimum Gasteiger partial charge on any atom is -0.245 e. The van der Waals surface area contributed by atoms with Crippen LogP contribution in [-0.2, 0) is 5.75 Å². The smallest absolute Gasteiger partial charge is 0.123 e. The minimum atomic E-state index is 0.666. The third-order valence-corrected chi connectivity index (χ3v) is 5.30. The number of benzene rings is 1. The summed E-state index contributed by atoms with van der Waals surface area (Å²) in [6, 6.07) is 14.4. The van der Waals surface area contributed by atoms with Gasteiger partial charge in [0.05, 0.1) is 11.3 Å². The lowest BCUT2D eigenvalue weighted by molar-refractivity contribution is 1.03. The highest BCUT2D eigenvalue weighted by atomic mass is 32.2. The van der Waals surface area contributed by atoms with Crippen molar-refractivity contribution in [2.75, 3.05) is 0 Å². The Morgan fingerprint density at radius 1 is 1.17 bits per heavy atom. The normalized spacial score (nSPS) is 10.5. The number of rotatable bonds is 4. The molecule has 0 bridgehead atoms. The third-order valence-electron chi connectivity index (χ3n) is 3.35. The molecule has 3 aromatic rings. The van der Waals surface area contributed by atoms with Gasteiger partial charge < -0.3 is 0 Å². The average molecular weight is 337 g/mol. The van der Waals surface area contributed by atoms with Gasteiger partial charge in [-0.05, 0) is 25.5 Å². The maximum absolute atomic E-state index is 9.32. The van der Waals surface area contributed by atoms with Crippen molar-refractivity contribution >= 4 is 23.1 Å². The second-order valence-corrected chi connectivity index (χ2v) is 6.99. The first-order chi connectivity index (χ1) is 11.2. The molecule has 3 nitrogen and oxygen atoms in total. The second-order valence-electron chi connectivity index (χ2n) is 5.17. The summed E-state index contributed by atoms with van der Waals surface area (Å²) in [7, 11) is 0. The number of thiazole rings is 1. The third kappa shape index (κ3) is 3.61. The molecule has 0 spiro atoms. The Hall–Kier alpha value is -2.16. The Balaban J connectivity index is 1.78. The largest absolute Gasteiger partial charge is 0.245 e. The lowest BCUT2D eigenvalue weighted by Crippen LogP contribution is -1.94. The van der Waals surface area contributed by atoms with Crippen LogP contribution in [0.4, 0.5) is 0 Å². The summed E-state index contributed by atoms with van der Waals surface area (Å²) in [6.07, 6.45) is 0. The predicted molar refractivity (Wildman–Crippen MR) is 95.5 cm³/mol. The molecule has 2 heterocycles. The summed E-state index contributed by atoms with van der Waals surface area (Å²) in [5.74, 6) is 0.716. The maximum atomic E-state index is 9.32. The number of nitrogens with zero attached hydrogens (tertiary/aromatic N) is 3. The van der Waals surface area contributed by atoms with Crippen LogP contribution in [0.2, 0.25) is 0 Å². The molecule has 1 aromatic carbocycles. The Morgan fingerprint density at radius 3 is 2.70 bits per heavy atom. The maximum Gasteiger partial charge on any atom is 0.123 e. The van der Waals surface area contributed by atoms with E-state index in [1.54, 1.807) is 23.1 Å². The number of hydrogen-bond donors (Lipinski definition) is 0. The van der Waals surface area contributed by atoms with Crippen molar-refractivity contribution in [1.29, 1.82) is 5.26 Å². The van der Waals surface area contributed by atoms with Crippen LogP contribution in [0.25, 0.3) is 10.6 Å². The number of pyridine rings is 1. The molecule has 0 aliphatic carbocycles. The van der Waals surface area contributed by atoms with Gasteiger partial charge in [-0.3, -0.25) is 0 Å².